The molecular formula is C16H21Cl2FN2O. The molecule has 1 aromatic carbocycles. The van der Waals surface area contributed by atoms with Gasteiger partial charge in [-0.2, -0.15) is 0 Å². The van der Waals surface area contributed by atoms with Crippen molar-refractivity contribution in [2.75, 3.05) is 6.54 Å². The third kappa shape index (κ3) is 3.39. The van der Waals surface area contributed by atoms with Crippen LogP contribution in [-0.2, 0) is 4.79 Å². The molecule has 2 fully saturated rings. The van der Waals surface area contributed by atoms with Crippen LogP contribution in [0.25, 0.3) is 0 Å². The molecule has 4 atom stereocenters. The Labute approximate surface area is 141 Å². The molecule has 122 valence electrons. The lowest BCUT2D eigenvalue weighted by Gasteiger charge is -2.19. The lowest BCUT2D eigenvalue weighted by atomic mass is 10.0. The van der Waals surface area contributed by atoms with Crippen molar-refractivity contribution in [2.45, 2.75) is 37.6 Å². The Morgan fingerprint density at radius 1 is 1.41 bits per heavy atom. The second-order valence-electron chi connectivity index (χ2n) is 6.13. The van der Waals surface area contributed by atoms with E-state index in [4.69, 9.17) is 17.3 Å². The van der Waals surface area contributed by atoms with E-state index in [1.54, 1.807) is 12.1 Å². The Morgan fingerprint density at radius 3 is 2.86 bits per heavy atom. The van der Waals surface area contributed by atoms with Gasteiger partial charge < -0.3 is 11.1 Å². The summed E-state index contributed by atoms with van der Waals surface area (Å²) in [5, 5.41) is 3.51. The molecule has 0 radical (unpaired) electrons. The second kappa shape index (κ2) is 7.16. The zero-order valence-electron chi connectivity index (χ0n) is 12.2. The van der Waals surface area contributed by atoms with Crippen LogP contribution in [-0.4, -0.2) is 18.5 Å². The summed E-state index contributed by atoms with van der Waals surface area (Å²) in [6.07, 6.45) is 3.85. The summed E-state index contributed by atoms with van der Waals surface area (Å²) in [5.41, 5.74) is 6.22. The molecule has 1 amide bonds. The largest absolute Gasteiger partial charge is 0.353 e. The SMILES string of the molecule is Cl.NCC1CCCC1NC(=O)C1CC1c1c(F)cccc1Cl. The van der Waals surface area contributed by atoms with Gasteiger partial charge in [-0.05, 0) is 43.9 Å². The molecule has 3 rings (SSSR count). The number of hydrogen-bond donors (Lipinski definition) is 2. The molecule has 2 aliphatic rings. The van der Waals surface area contributed by atoms with Crippen molar-refractivity contribution < 1.29 is 9.18 Å². The third-order valence-electron chi connectivity index (χ3n) is 4.79. The van der Waals surface area contributed by atoms with Gasteiger partial charge in [-0.25, -0.2) is 4.39 Å². The zero-order valence-corrected chi connectivity index (χ0v) is 13.8. The molecule has 4 unspecified atom stereocenters. The molecule has 0 saturated heterocycles. The summed E-state index contributed by atoms with van der Waals surface area (Å²) in [4.78, 5) is 12.3. The number of nitrogens with two attached hydrogens (primary N) is 1. The average Bonchev–Trinajstić information content (AvgIpc) is 3.10. The number of hydrogen-bond acceptors (Lipinski definition) is 2. The maximum absolute atomic E-state index is 13.9. The molecular weight excluding hydrogens is 326 g/mol. The highest BCUT2D eigenvalue weighted by Crippen LogP contribution is 2.50. The van der Waals surface area contributed by atoms with Crippen molar-refractivity contribution in [3.63, 3.8) is 0 Å². The highest BCUT2D eigenvalue weighted by atomic mass is 35.5. The lowest BCUT2D eigenvalue weighted by Crippen LogP contribution is -2.40. The van der Waals surface area contributed by atoms with Gasteiger partial charge in [0.2, 0.25) is 5.91 Å². The summed E-state index contributed by atoms with van der Waals surface area (Å²) in [6, 6.07) is 4.84. The van der Waals surface area contributed by atoms with E-state index >= 15 is 0 Å². The first-order valence-corrected chi connectivity index (χ1v) is 7.94. The number of amides is 1. The van der Waals surface area contributed by atoms with Crippen molar-refractivity contribution in [3.05, 3.63) is 34.6 Å². The number of benzene rings is 1. The maximum atomic E-state index is 13.9. The van der Waals surface area contributed by atoms with Crippen LogP contribution >= 0.6 is 24.0 Å². The van der Waals surface area contributed by atoms with Crippen LogP contribution in [0.3, 0.4) is 0 Å². The first-order valence-electron chi connectivity index (χ1n) is 7.56. The fourth-order valence-electron chi connectivity index (χ4n) is 3.47. The summed E-state index contributed by atoms with van der Waals surface area (Å²) in [7, 11) is 0. The number of carbonyl (C=O) groups is 1. The van der Waals surface area contributed by atoms with Crippen molar-refractivity contribution in [1.29, 1.82) is 0 Å². The minimum Gasteiger partial charge on any atom is -0.353 e. The molecule has 0 spiro atoms. The molecule has 22 heavy (non-hydrogen) atoms. The molecule has 1 aromatic rings. The van der Waals surface area contributed by atoms with Crippen LogP contribution in [0.5, 0.6) is 0 Å². The minimum atomic E-state index is -0.316. The quantitative estimate of drug-likeness (QED) is 0.879. The zero-order chi connectivity index (χ0) is 15.0. The summed E-state index contributed by atoms with van der Waals surface area (Å²) >= 11 is 6.06. The third-order valence-corrected chi connectivity index (χ3v) is 5.12. The highest BCUT2D eigenvalue weighted by Gasteiger charge is 2.47. The number of rotatable bonds is 4. The topological polar surface area (TPSA) is 55.1 Å². The fraction of sp³-hybridized carbons (Fsp3) is 0.562. The molecule has 3 nitrogen and oxygen atoms in total. The van der Waals surface area contributed by atoms with E-state index in [1.807, 2.05) is 0 Å². The predicted molar refractivity (Wildman–Crippen MR) is 87.8 cm³/mol. The van der Waals surface area contributed by atoms with Crippen LogP contribution in [0.1, 0.15) is 37.2 Å². The second-order valence-corrected chi connectivity index (χ2v) is 6.53. The number of nitrogens with one attached hydrogen (secondary N) is 1. The predicted octanol–water partition coefficient (Wildman–Crippen LogP) is 3.25. The van der Waals surface area contributed by atoms with Crippen molar-refractivity contribution >= 4 is 29.9 Å². The van der Waals surface area contributed by atoms with Gasteiger partial charge in [0, 0.05) is 28.5 Å². The maximum Gasteiger partial charge on any atom is 0.223 e. The van der Waals surface area contributed by atoms with Crippen molar-refractivity contribution in [3.8, 4) is 0 Å². The Balaban J connectivity index is 0.00000176. The number of halogens is 3. The molecule has 3 N–H and O–H groups in total. The molecule has 6 heteroatoms. The Hall–Kier alpha value is -0.840. The van der Waals surface area contributed by atoms with E-state index in [9.17, 15) is 9.18 Å². The molecule has 0 heterocycles. The van der Waals surface area contributed by atoms with E-state index < -0.39 is 0 Å². The van der Waals surface area contributed by atoms with Gasteiger partial charge in [0.05, 0.1) is 0 Å². The number of carbonyl (C=O) groups excluding carboxylic acids is 1. The van der Waals surface area contributed by atoms with Gasteiger partial charge in [0.1, 0.15) is 5.82 Å². The standard InChI is InChI=1S/C16H20ClFN2O.ClH/c17-12-4-2-5-13(18)15(12)10-7-11(10)16(21)20-14-6-1-3-9(14)8-19;/h2,4-5,9-11,14H,1,3,6-8,19H2,(H,20,21);1H. The van der Waals surface area contributed by atoms with Gasteiger partial charge in [0.15, 0.2) is 0 Å². The van der Waals surface area contributed by atoms with Crippen molar-refractivity contribution in [1.82, 2.24) is 5.32 Å². The van der Waals surface area contributed by atoms with E-state index in [2.05, 4.69) is 5.32 Å². The summed E-state index contributed by atoms with van der Waals surface area (Å²) in [5.74, 6) is -0.161. The van der Waals surface area contributed by atoms with Gasteiger partial charge in [-0.15, -0.1) is 12.4 Å². The normalized spacial score (nSPS) is 29.8. The van der Waals surface area contributed by atoms with Gasteiger partial charge in [-0.1, -0.05) is 24.1 Å². The van der Waals surface area contributed by atoms with Crippen LogP contribution in [0.2, 0.25) is 5.02 Å². The van der Waals surface area contributed by atoms with Gasteiger partial charge in [-0.3, -0.25) is 4.79 Å². The monoisotopic (exact) mass is 346 g/mol. The highest BCUT2D eigenvalue weighted by molar-refractivity contribution is 6.31. The van der Waals surface area contributed by atoms with E-state index in [0.717, 1.165) is 19.3 Å². The molecule has 0 bridgehead atoms. The Morgan fingerprint density at radius 2 is 2.18 bits per heavy atom. The molecule has 2 saturated carbocycles. The van der Waals surface area contributed by atoms with Gasteiger partial charge in [0.25, 0.3) is 0 Å². The molecule has 0 aromatic heterocycles. The van der Waals surface area contributed by atoms with E-state index in [1.165, 1.54) is 6.07 Å². The van der Waals surface area contributed by atoms with Crippen LogP contribution in [0.4, 0.5) is 4.39 Å². The van der Waals surface area contributed by atoms with Crippen LogP contribution in [0.15, 0.2) is 18.2 Å². The van der Waals surface area contributed by atoms with Crippen molar-refractivity contribution in [2.24, 2.45) is 17.6 Å². The minimum absolute atomic E-state index is 0. The van der Waals surface area contributed by atoms with Crippen LogP contribution < -0.4 is 11.1 Å². The summed E-state index contributed by atoms with van der Waals surface area (Å²) in [6.45, 7) is 0.609. The first kappa shape index (κ1) is 17.5. The fourth-order valence-corrected chi connectivity index (χ4v) is 3.77. The Bertz CT molecular complexity index is 535. The molecule has 0 aliphatic heterocycles. The Kier molecular flexibility index (Phi) is 5.70. The van der Waals surface area contributed by atoms with Gasteiger partial charge >= 0.3 is 0 Å². The van der Waals surface area contributed by atoms with Crippen LogP contribution in [0, 0.1) is 17.7 Å². The van der Waals surface area contributed by atoms with E-state index in [-0.39, 0.29) is 42.0 Å². The smallest absolute Gasteiger partial charge is 0.223 e. The van der Waals surface area contributed by atoms with E-state index in [0.29, 0.717) is 29.5 Å². The summed E-state index contributed by atoms with van der Waals surface area (Å²) < 4.78 is 13.9. The first-order chi connectivity index (χ1) is 10.1. The average molecular weight is 347 g/mol. The molecule has 2 aliphatic carbocycles. The lowest BCUT2D eigenvalue weighted by molar-refractivity contribution is -0.123.